The summed E-state index contributed by atoms with van der Waals surface area (Å²) in [4.78, 5) is 14.0. The molecule has 0 atom stereocenters. The molecule has 14 heteroatoms. The molecule has 0 aliphatic rings. The summed E-state index contributed by atoms with van der Waals surface area (Å²) in [5, 5.41) is 0. The molecule has 0 saturated carbocycles. The Hall–Kier alpha value is 2.16. The van der Waals surface area contributed by atoms with Gasteiger partial charge in [0, 0.05) is 78.2 Å². The zero-order valence-electron chi connectivity index (χ0n) is 5.39. The van der Waals surface area contributed by atoms with E-state index in [2.05, 4.69) is 0 Å². The molecule has 0 aromatic heterocycles. The third-order valence-corrected chi connectivity index (χ3v) is 0. The van der Waals surface area contributed by atoms with Crippen LogP contribution in [0.1, 0.15) is 7.43 Å². The van der Waals surface area contributed by atoms with Crippen molar-refractivity contribution in [2.45, 2.75) is 7.43 Å². The Morgan fingerprint density at radius 3 is 0.467 bits per heavy atom. The molecular formula is CH4Fe6O8-8. The van der Waals surface area contributed by atoms with Crippen LogP contribution >= 0.6 is 0 Å². The third kappa shape index (κ3) is 696. The van der Waals surface area contributed by atoms with Crippen LogP contribution in [0, 0.1) is 9.93 Å². The van der Waals surface area contributed by atoms with Gasteiger partial charge in [-0.15, -0.1) is 0 Å². The fourth-order valence-electron chi connectivity index (χ4n) is 0. The van der Waals surface area contributed by atoms with Crippen molar-refractivity contribution in [2.24, 2.45) is 0 Å². The topological polar surface area (TPSA) is 182 Å². The molecule has 0 aromatic rings. The van der Waals surface area contributed by atoms with Gasteiger partial charge < -0.3 is 21.9 Å². The van der Waals surface area contributed by atoms with Crippen LogP contribution in [0.2, 0.25) is 0 Å². The minimum atomic E-state index is 0. The SMILES string of the molecule is C.O=O.[Fe].[Fe].[Fe].[Fe].[O-2].[O-2].[O-2].[O-2].[O]=[Fe].[O]=[Fe]. The van der Waals surface area contributed by atoms with Gasteiger partial charge in [-0.1, -0.05) is 7.43 Å². The van der Waals surface area contributed by atoms with Crippen molar-refractivity contribution in [2.75, 3.05) is 0 Å². The third-order valence-electron chi connectivity index (χ3n) is 0. The van der Waals surface area contributed by atoms with E-state index in [1.165, 1.54) is 0 Å². The predicted octanol–water partition coefficient (Wildman–Crippen LogP) is -0.0247. The first-order valence-corrected chi connectivity index (χ1v) is 1.36. The number of hydrogen-bond donors (Lipinski definition) is 0. The van der Waals surface area contributed by atoms with E-state index in [1.807, 2.05) is 31.9 Å². The van der Waals surface area contributed by atoms with Gasteiger partial charge in [-0.3, -0.25) is 0 Å². The Morgan fingerprint density at radius 1 is 0.467 bits per heavy atom. The van der Waals surface area contributed by atoms with Gasteiger partial charge in [0.05, 0.1) is 0 Å². The van der Waals surface area contributed by atoms with E-state index < -0.39 is 0 Å². The zero-order valence-corrected chi connectivity index (χ0v) is 12.0. The van der Waals surface area contributed by atoms with Crippen molar-refractivity contribution in [1.82, 2.24) is 0 Å². The molecule has 0 aromatic carbocycles. The summed E-state index contributed by atoms with van der Waals surface area (Å²) in [5.74, 6) is 0. The molecule has 0 unspecified atom stereocenters. The molecule has 0 spiro atoms. The predicted molar refractivity (Wildman–Crippen MR) is 17.6 cm³/mol. The number of rotatable bonds is 0. The van der Waals surface area contributed by atoms with E-state index in [-0.39, 0.29) is 97.6 Å². The quantitative estimate of drug-likeness (QED) is 0.443. The Balaban J connectivity index is -0.000000000692. The van der Waals surface area contributed by atoms with Crippen LogP contribution in [0.4, 0.5) is 0 Å². The average Bonchev–Trinajstić information content (AvgIpc) is 1.81. The Labute approximate surface area is 146 Å². The summed E-state index contributed by atoms with van der Waals surface area (Å²) in [6.07, 6.45) is 0. The van der Waals surface area contributed by atoms with Gasteiger partial charge in [0.2, 0.25) is 0 Å². The summed E-state index contributed by atoms with van der Waals surface area (Å²) in [6.45, 7) is 0. The molecule has 0 rings (SSSR count). The monoisotopic (exact) mass is 480 g/mol. The van der Waals surface area contributed by atoms with E-state index in [4.69, 9.17) is 17.6 Å². The standard InChI is InChI=1S/CH4.6Fe.O2.6O/c;;;;;;;1-2;;;;;;/h1H4;;;;;;;;;;;;;/q;;;;;;;;;;4*-2. The van der Waals surface area contributed by atoms with Crippen molar-refractivity contribution in [3.63, 3.8) is 0 Å². The van der Waals surface area contributed by atoms with E-state index in [0.717, 1.165) is 0 Å². The molecule has 0 bridgehead atoms. The summed E-state index contributed by atoms with van der Waals surface area (Å²) in [7, 11) is 0. The minimum absolute atomic E-state index is 0. The molecule has 0 saturated heterocycles. The van der Waals surface area contributed by atoms with Crippen molar-refractivity contribution in [3.05, 3.63) is 9.93 Å². The maximum atomic E-state index is 8.00. The van der Waals surface area contributed by atoms with Gasteiger partial charge in [0.25, 0.3) is 0 Å². The summed E-state index contributed by atoms with van der Waals surface area (Å²) < 4.78 is 16.0. The second-order valence-corrected chi connectivity index (χ2v) is 0. The zero-order chi connectivity index (χ0) is 6.00. The molecule has 0 fully saturated rings. The van der Waals surface area contributed by atoms with E-state index in [1.54, 1.807) is 0 Å². The van der Waals surface area contributed by atoms with Crippen LogP contribution < -0.4 is 0 Å². The summed E-state index contributed by atoms with van der Waals surface area (Å²) in [5.41, 5.74) is 0. The molecule has 0 radical (unpaired) electrons. The van der Waals surface area contributed by atoms with Crippen molar-refractivity contribution in [3.8, 4) is 0 Å². The molecule has 8 nitrogen and oxygen atoms in total. The molecule has 15 heavy (non-hydrogen) atoms. The van der Waals surface area contributed by atoms with Gasteiger partial charge in [0.1, 0.15) is 0 Å². The van der Waals surface area contributed by atoms with Crippen molar-refractivity contribution in [1.29, 1.82) is 0 Å². The molecule has 112 valence electrons. The first kappa shape index (κ1) is 168. The van der Waals surface area contributed by atoms with Crippen molar-refractivity contribution >= 4 is 0 Å². The van der Waals surface area contributed by atoms with Crippen LogP contribution in [-0.4, -0.2) is 0 Å². The van der Waals surface area contributed by atoms with Gasteiger partial charge >= 0.3 is 39.6 Å². The molecular weight excluding hydrogens is 475 g/mol. The van der Waals surface area contributed by atoms with Gasteiger partial charge in [0.15, 0.2) is 0 Å². The summed E-state index contributed by atoms with van der Waals surface area (Å²) >= 11 is 4.00. The average molecular weight is 479 g/mol. The fourth-order valence-corrected chi connectivity index (χ4v) is 0. The van der Waals surface area contributed by atoms with Gasteiger partial charge in [-0.2, -0.15) is 0 Å². The van der Waals surface area contributed by atoms with Crippen LogP contribution in [0.25, 0.3) is 0 Å². The second kappa shape index (κ2) is 798. The fraction of sp³-hybridized carbons (Fsp3) is 1.00. The second-order valence-electron chi connectivity index (χ2n) is 0. The van der Waals surface area contributed by atoms with Gasteiger partial charge in [-0.25, -0.2) is 0 Å². The van der Waals surface area contributed by atoms with Crippen LogP contribution in [0.3, 0.4) is 0 Å². The van der Waals surface area contributed by atoms with E-state index >= 15 is 0 Å². The van der Waals surface area contributed by atoms with E-state index in [0.29, 0.717) is 0 Å². The first-order chi connectivity index (χ1) is 3.00. The Bertz CT molecular complexity index is 23.8. The normalized spacial score (nSPS) is 0.933. The summed E-state index contributed by atoms with van der Waals surface area (Å²) in [6, 6.07) is 0. The molecule has 0 aliphatic heterocycles. The molecule has 0 N–H and O–H groups in total. The van der Waals surface area contributed by atoms with Crippen molar-refractivity contribution < 1.29 is 130 Å². The van der Waals surface area contributed by atoms with Crippen LogP contribution in [0.5, 0.6) is 0 Å². The Kier molecular flexibility index (Phi) is 8960. The van der Waals surface area contributed by atoms with Crippen LogP contribution in [0.15, 0.2) is 0 Å². The van der Waals surface area contributed by atoms with E-state index in [9.17, 15) is 0 Å². The number of hydrogen-bond acceptors (Lipinski definition) is 4. The van der Waals surface area contributed by atoms with Gasteiger partial charge in [-0.05, 0) is 0 Å². The molecule has 0 aliphatic carbocycles. The maximum absolute atomic E-state index is 8.00. The first-order valence-electron chi connectivity index (χ1n) is 0.455. The molecule has 0 amide bonds. The Morgan fingerprint density at radius 2 is 0.467 bits per heavy atom. The molecule has 0 heterocycles. The van der Waals surface area contributed by atoms with Crippen LogP contribution in [-0.2, 0) is 130 Å².